The van der Waals surface area contributed by atoms with Gasteiger partial charge in [-0.25, -0.2) is 0 Å². The van der Waals surface area contributed by atoms with E-state index in [1.807, 2.05) is 6.92 Å². The fourth-order valence-electron chi connectivity index (χ4n) is 2.14. The third-order valence-electron chi connectivity index (χ3n) is 2.86. The minimum Gasteiger partial charge on any atom is -0.331 e. The second kappa shape index (κ2) is 6.33. The van der Waals surface area contributed by atoms with Gasteiger partial charge in [-0.15, -0.1) is 0 Å². The van der Waals surface area contributed by atoms with Gasteiger partial charge in [0, 0.05) is 12.6 Å². The summed E-state index contributed by atoms with van der Waals surface area (Å²) >= 11 is 1.44. The average molecular weight is 215 g/mol. The molecule has 1 aliphatic carbocycles. The van der Waals surface area contributed by atoms with Gasteiger partial charge in [0.2, 0.25) is 0 Å². The zero-order chi connectivity index (χ0) is 10.4. The minimum atomic E-state index is 0.280. The molecule has 0 N–H and O–H groups in total. The van der Waals surface area contributed by atoms with Crippen molar-refractivity contribution in [3.8, 4) is 0 Å². The molecular formula is C11H21NOS. The lowest BCUT2D eigenvalue weighted by atomic mass is 9.94. The van der Waals surface area contributed by atoms with Crippen LogP contribution in [0.25, 0.3) is 0 Å². The molecule has 1 fully saturated rings. The number of nitrogens with zero attached hydrogens (tertiary/aromatic N) is 1. The molecule has 0 saturated heterocycles. The molecule has 2 nitrogen and oxygen atoms in total. The minimum absolute atomic E-state index is 0.280. The lowest BCUT2D eigenvalue weighted by molar-refractivity contribution is 0.182. The van der Waals surface area contributed by atoms with Crippen molar-refractivity contribution in [1.82, 2.24) is 4.90 Å². The smallest absolute Gasteiger partial charge is 0.281 e. The first-order valence-corrected chi connectivity index (χ1v) is 6.71. The predicted octanol–water partition coefficient (Wildman–Crippen LogP) is 3.51. The maximum atomic E-state index is 11.8. The highest BCUT2D eigenvalue weighted by atomic mass is 32.2. The fraction of sp³-hybridized carbons (Fsp3) is 0.909. The van der Waals surface area contributed by atoms with E-state index in [1.54, 1.807) is 0 Å². The summed E-state index contributed by atoms with van der Waals surface area (Å²) in [6.45, 7) is 5.00. The molecule has 0 aromatic rings. The summed E-state index contributed by atoms with van der Waals surface area (Å²) in [4.78, 5) is 13.8. The molecule has 0 aliphatic heterocycles. The van der Waals surface area contributed by atoms with Crippen molar-refractivity contribution in [3.63, 3.8) is 0 Å². The van der Waals surface area contributed by atoms with Crippen LogP contribution >= 0.6 is 11.8 Å². The number of amides is 1. The van der Waals surface area contributed by atoms with E-state index in [2.05, 4.69) is 11.8 Å². The maximum Gasteiger partial charge on any atom is 0.281 e. The predicted molar refractivity (Wildman–Crippen MR) is 62.8 cm³/mol. The Labute approximate surface area is 91.4 Å². The Morgan fingerprint density at radius 3 is 2.43 bits per heavy atom. The van der Waals surface area contributed by atoms with Crippen LogP contribution in [0.4, 0.5) is 4.79 Å². The normalized spacial score (nSPS) is 18.1. The van der Waals surface area contributed by atoms with E-state index >= 15 is 0 Å². The van der Waals surface area contributed by atoms with Crippen molar-refractivity contribution in [1.29, 1.82) is 0 Å². The van der Waals surface area contributed by atoms with Crippen molar-refractivity contribution in [2.24, 2.45) is 0 Å². The monoisotopic (exact) mass is 215 g/mol. The van der Waals surface area contributed by atoms with E-state index in [9.17, 15) is 4.79 Å². The van der Waals surface area contributed by atoms with Gasteiger partial charge in [-0.3, -0.25) is 4.79 Å². The largest absolute Gasteiger partial charge is 0.331 e. The van der Waals surface area contributed by atoms with Gasteiger partial charge in [-0.1, -0.05) is 37.9 Å². The van der Waals surface area contributed by atoms with Crippen molar-refractivity contribution < 1.29 is 4.79 Å². The number of thioether (sulfide) groups is 1. The molecule has 14 heavy (non-hydrogen) atoms. The highest BCUT2D eigenvalue weighted by Gasteiger charge is 2.23. The van der Waals surface area contributed by atoms with Gasteiger partial charge in [-0.05, 0) is 25.5 Å². The number of hydrogen-bond acceptors (Lipinski definition) is 2. The molecule has 82 valence electrons. The Morgan fingerprint density at radius 2 is 1.93 bits per heavy atom. The van der Waals surface area contributed by atoms with Gasteiger partial charge in [0.1, 0.15) is 0 Å². The molecule has 0 bridgehead atoms. The molecule has 1 amide bonds. The van der Waals surface area contributed by atoms with Crippen molar-refractivity contribution in [2.45, 2.75) is 52.0 Å². The number of rotatable bonds is 3. The summed E-state index contributed by atoms with van der Waals surface area (Å²) in [7, 11) is 0. The average Bonchev–Trinajstić information content (AvgIpc) is 2.21. The molecule has 1 saturated carbocycles. The van der Waals surface area contributed by atoms with E-state index in [4.69, 9.17) is 0 Å². The summed E-state index contributed by atoms with van der Waals surface area (Å²) < 4.78 is 0. The molecule has 0 radical (unpaired) electrons. The molecule has 0 heterocycles. The lowest BCUT2D eigenvalue weighted by Crippen LogP contribution is -2.39. The van der Waals surface area contributed by atoms with E-state index in [1.165, 1.54) is 43.9 Å². The fourth-order valence-corrected chi connectivity index (χ4v) is 2.83. The van der Waals surface area contributed by atoms with Crippen LogP contribution < -0.4 is 0 Å². The van der Waals surface area contributed by atoms with Crippen molar-refractivity contribution in [2.75, 3.05) is 12.3 Å². The van der Waals surface area contributed by atoms with E-state index in [0.717, 1.165) is 12.3 Å². The van der Waals surface area contributed by atoms with E-state index < -0.39 is 0 Å². The molecule has 1 aliphatic rings. The zero-order valence-corrected chi connectivity index (χ0v) is 10.1. The molecule has 3 heteroatoms. The molecular weight excluding hydrogens is 194 g/mol. The van der Waals surface area contributed by atoms with E-state index in [-0.39, 0.29) is 5.24 Å². The van der Waals surface area contributed by atoms with E-state index in [0.29, 0.717) is 6.04 Å². The number of carbonyl (C=O) groups excluding carboxylic acids is 1. The van der Waals surface area contributed by atoms with Crippen LogP contribution in [0.3, 0.4) is 0 Å². The number of carbonyl (C=O) groups is 1. The van der Waals surface area contributed by atoms with Crippen LogP contribution in [0.15, 0.2) is 0 Å². The second-order valence-electron chi connectivity index (χ2n) is 3.78. The van der Waals surface area contributed by atoms with Crippen LogP contribution in [0.2, 0.25) is 0 Å². The molecule has 0 aromatic heterocycles. The third-order valence-corrected chi connectivity index (χ3v) is 3.63. The van der Waals surface area contributed by atoms with Crippen LogP contribution in [0.5, 0.6) is 0 Å². The van der Waals surface area contributed by atoms with Gasteiger partial charge in [0.15, 0.2) is 0 Å². The zero-order valence-electron chi connectivity index (χ0n) is 9.29. The van der Waals surface area contributed by atoms with Gasteiger partial charge in [0.25, 0.3) is 5.24 Å². The van der Waals surface area contributed by atoms with Gasteiger partial charge >= 0.3 is 0 Å². The Morgan fingerprint density at radius 1 is 1.29 bits per heavy atom. The van der Waals surface area contributed by atoms with Crippen LogP contribution in [0.1, 0.15) is 46.0 Å². The van der Waals surface area contributed by atoms with Gasteiger partial charge in [-0.2, -0.15) is 0 Å². The molecule has 1 rings (SSSR count). The SMILES string of the molecule is CCSC(=O)N(CC)C1CCCCC1. The third kappa shape index (κ3) is 3.19. The van der Waals surface area contributed by atoms with Crippen molar-refractivity contribution >= 4 is 17.0 Å². The first-order valence-electron chi connectivity index (χ1n) is 5.73. The standard InChI is InChI=1S/C11H21NOS/c1-3-12(11(13)14-4-2)10-8-6-5-7-9-10/h10H,3-9H2,1-2H3. The second-order valence-corrected chi connectivity index (χ2v) is 4.99. The van der Waals surface area contributed by atoms with Crippen LogP contribution in [-0.2, 0) is 0 Å². The quantitative estimate of drug-likeness (QED) is 0.718. The summed E-state index contributed by atoms with van der Waals surface area (Å²) in [6, 6.07) is 0.528. The Balaban J connectivity index is 2.46. The highest BCUT2D eigenvalue weighted by Crippen LogP contribution is 2.24. The number of hydrogen-bond donors (Lipinski definition) is 0. The Hall–Kier alpha value is -0.180. The Bertz CT molecular complexity index is 178. The molecule has 0 spiro atoms. The molecule has 0 unspecified atom stereocenters. The summed E-state index contributed by atoms with van der Waals surface area (Å²) in [5.74, 6) is 0.891. The van der Waals surface area contributed by atoms with Gasteiger partial charge < -0.3 is 4.90 Å². The summed E-state index contributed by atoms with van der Waals surface area (Å²) in [6.07, 6.45) is 6.37. The van der Waals surface area contributed by atoms with Crippen molar-refractivity contribution in [3.05, 3.63) is 0 Å². The summed E-state index contributed by atoms with van der Waals surface area (Å²) in [5.41, 5.74) is 0. The first-order chi connectivity index (χ1) is 6.79. The topological polar surface area (TPSA) is 20.3 Å². The van der Waals surface area contributed by atoms with Gasteiger partial charge in [0.05, 0.1) is 0 Å². The molecule has 0 atom stereocenters. The lowest BCUT2D eigenvalue weighted by Gasteiger charge is -2.33. The van der Waals surface area contributed by atoms with Crippen LogP contribution in [0, 0.1) is 0 Å². The highest BCUT2D eigenvalue weighted by molar-refractivity contribution is 8.13. The van der Waals surface area contributed by atoms with Crippen LogP contribution in [-0.4, -0.2) is 28.5 Å². The summed E-state index contributed by atoms with van der Waals surface area (Å²) in [5, 5.41) is 0.280. The molecule has 0 aromatic carbocycles. The first kappa shape index (κ1) is 11.9. The Kier molecular flexibility index (Phi) is 5.38. The maximum absolute atomic E-state index is 11.8.